The highest BCUT2D eigenvalue weighted by Crippen LogP contribution is 2.36. The van der Waals surface area contributed by atoms with Crippen molar-refractivity contribution >= 4 is 17.7 Å². The van der Waals surface area contributed by atoms with Crippen LogP contribution >= 0.6 is 11.8 Å². The monoisotopic (exact) mass is 389 g/mol. The molecule has 0 spiro atoms. The Labute approximate surface area is 162 Å². The van der Waals surface area contributed by atoms with Gasteiger partial charge in [0.15, 0.2) is 5.82 Å². The summed E-state index contributed by atoms with van der Waals surface area (Å²) in [5, 5.41) is 8.43. The molecule has 2 aromatic rings. The van der Waals surface area contributed by atoms with E-state index >= 15 is 0 Å². The van der Waals surface area contributed by atoms with Crippen molar-refractivity contribution in [1.82, 2.24) is 19.8 Å². The quantitative estimate of drug-likeness (QED) is 0.643. The average Bonchev–Trinajstić information content (AvgIpc) is 3.06. The van der Waals surface area contributed by atoms with Gasteiger partial charge in [0.25, 0.3) is 0 Å². The van der Waals surface area contributed by atoms with Crippen LogP contribution in [-0.2, 0) is 4.79 Å². The van der Waals surface area contributed by atoms with Gasteiger partial charge in [0, 0.05) is 13.1 Å². The molecule has 1 aromatic heterocycles. The molecule has 0 radical (unpaired) electrons. The molecule has 8 heteroatoms. The molecule has 0 unspecified atom stereocenters. The average molecular weight is 390 g/mol. The molecule has 6 nitrogen and oxygen atoms in total. The Morgan fingerprint density at radius 2 is 1.96 bits per heavy atom. The number of rotatable bonds is 4. The minimum atomic E-state index is -0.403. The van der Waals surface area contributed by atoms with Crippen molar-refractivity contribution in [2.45, 2.75) is 37.3 Å². The lowest BCUT2D eigenvalue weighted by Gasteiger charge is -2.41. The summed E-state index contributed by atoms with van der Waals surface area (Å²) in [5.74, 6) is 7.72. The Kier molecular flexibility index (Phi) is 5.33. The van der Waals surface area contributed by atoms with E-state index in [4.69, 9.17) is 5.84 Å². The molecule has 2 atom stereocenters. The summed E-state index contributed by atoms with van der Waals surface area (Å²) in [6.45, 7) is 1.72. The molecule has 2 heterocycles. The number of aromatic nitrogens is 3. The Morgan fingerprint density at radius 3 is 2.78 bits per heavy atom. The molecule has 1 aromatic carbocycles. The summed E-state index contributed by atoms with van der Waals surface area (Å²) in [6, 6.07) is 6.30. The van der Waals surface area contributed by atoms with Crippen LogP contribution in [0, 0.1) is 17.7 Å². The molecule has 2 aliphatic rings. The van der Waals surface area contributed by atoms with E-state index in [2.05, 4.69) is 10.2 Å². The third kappa shape index (κ3) is 3.81. The topological polar surface area (TPSA) is 77.0 Å². The summed E-state index contributed by atoms with van der Waals surface area (Å²) in [5.41, 5.74) is 0.296. The number of nitrogens with zero attached hydrogens (tertiary/aromatic N) is 4. The Balaban J connectivity index is 1.38. The molecule has 1 aliphatic carbocycles. The molecule has 2 N–H and O–H groups in total. The number of likely N-dealkylation sites (tertiary alicyclic amines) is 1. The number of hydrogen-bond donors (Lipinski definition) is 1. The Morgan fingerprint density at radius 1 is 1.19 bits per heavy atom. The third-order valence-corrected chi connectivity index (χ3v) is 6.68. The van der Waals surface area contributed by atoms with Gasteiger partial charge in [0.2, 0.25) is 11.1 Å². The minimum Gasteiger partial charge on any atom is -0.342 e. The van der Waals surface area contributed by atoms with Gasteiger partial charge in [-0.1, -0.05) is 43.2 Å². The van der Waals surface area contributed by atoms with Crippen LogP contribution in [0.2, 0.25) is 0 Å². The van der Waals surface area contributed by atoms with Crippen LogP contribution in [0.1, 0.15) is 32.1 Å². The number of benzene rings is 1. The number of thioether (sulfide) groups is 1. The van der Waals surface area contributed by atoms with Crippen LogP contribution in [-0.4, -0.2) is 44.5 Å². The third-order valence-electron chi connectivity index (χ3n) is 5.75. The van der Waals surface area contributed by atoms with Gasteiger partial charge < -0.3 is 10.7 Å². The predicted molar refractivity (Wildman–Crippen MR) is 103 cm³/mol. The SMILES string of the molecule is Nn1c(SCC(=O)N2CC[C@H]3CCCC[C@H]3C2)nnc1-c1ccccc1F. The lowest BCUT2D eigenvalue weighted by Crippen LogP contribution is -2.45. The van der Waals surface area contributed by atoms with Crippen LogP contribution in [0.25, 0.3) is 11.4 Å². The standard InChI is InChI=1S/C19H24FN5OS/c20-16-8-4-3-7-15(16)18-22-23-19(25(18)21)27-12-17(26)24-10-9-13-5-1-2-6-14(13)11-24/h3-4,7-8,13-14H,1-2,5-6,9-12,21H2/t13-,14+/m1/s1. The molecule has 1 aliphatic heterocycles. The van der Waals surface area contributed by atoms with Crippen LogP contribution in [0.15, 0.2) is 29.4 Å². The minimum absolute atomic E-state index is 0.111. The molecule has 144 valence electrons. The summed E-state index contributed by atoms with van der Waals surface area (Å²) in [7, 11) is 0. The number of carbonyl (C=O) groups is 1. The smallest absolute Gasteiger partial charge is 0.233 e. The summed E-state index contributed by atoms with van der Waals surface area (Å²) in [4.78, 5) is 14.6. The molecule has 1 amide bonds. The van der Waals surface area contributed by atoms with Crippen molar-refractivity contribution < 1.29 is 9.18 Å². The van der Waals surface area contributed by atoms with Gasteiger partial charge in [-0.2, -0.15) is 0 Å². The molecule has 0 bridgehead atoms. The highest BCUT2D eigenvalue weighted by molar-refractivity contribution is 7.99. The zero-order valence-corrected chi connectivity index (χ0v) is 16.0. The fourth-order valence-electron chi connectivity index (χ4n) is 4.25. The number of halogens is 1. The van der Waals surface area contributed by atoms with Gasteiger partial charge in [0.1, 0.15) is 5.82 Å². The van der Waals surface area contributed by atoms with Crippen molar-refractivity contribution in [3.8, 4) is 11.4 Å². The van der Waals surface area contributed by atoms with E-state index in [1.165, 1.54) is 48.2 Å². The molecule has 2 fully saturated rings. The lowest BCUT2D eigenvalue weighted by atomic mass is 9.75. The van der Waals surface area contributed by atoms with Gasteiger partial charge in [-0.05, 0) is 36.8 Å². The molecule has 27 heavy (non-hydrogen) atoms. The molecular formula is C19H24FN5OS. The van der Waals surface area contributed by atoms with Crippen molar-refractivity contribution in [3.63, 3.8) is 0 Å². The van der Waals surface area contributed by atoms with Crippen molar-refractivity contribution in [3.05, 3.63) is 30.1 Å². The van der Waals surface area contributed by atoms with E-state index in [1.54, 1.807) is 18.2 Å². The Bertz CT molecular complexity index is 826. The normalized spacial score (nSPS) is 22.5. The van der Waals surface area contributed by atoms with Crippen molar-refractivity contribution in [2.75, 3.05) is 24.7 Å². The van der Waals surface area contributed by atoms with E-state index in [-0.39, 0.29) is 17.5 Å². The first-order valence-electron chi connectivity index (χ1n) is 9.49. The largest absolute Gasteiger partial charge is 0.342 e. The highest BCUT2D eigenvalue weighted by Gasteiger charge is 2.32. The fourth-order valence-corrected chi connectivity index (χ4v) is 5.01. The van der Waals surface area contributed by atoms with Gasteiger partial charge in [-0.25, -0.2) is 9.07 Å². The maximum absolute atomic E-state index is 14.0. The first-order chi connectivity index (χ1) is 13.1. The second kappa shape index (κ2) is 7.88. The van der Waals surface area contributed by atoms with Crippen molar-refractivity contribution in [2.24, 2.45) is 11.8 Å². The van der Waals surface area contributed by atoms with Gasteiger partial charge >= 0.3 is 0 Å². The maximum Gasteiger partial charge on any atom is 0.233 e. The number of nitrogen functional groups attached to an aromatic ring is 1. The number of carbonyl (C=O) groups excluding carboxylic acids is 1. The second-order valence-corrected chi connectivity index (χ2v) is 8.32. The van der Waals surface area contributed by atoms with Crippen LogP contribution in [0.5, 0.6) is 0 Å². The van der Waals surface area contributed by atoms with Crippen LogP contribution in [0.4, 0.5) is 4.39 Å². The van der Waals surface area contributed by atoms with Gasteiger partial charge in [-0.15, -0.1) is 10.2 Å². The summed E-state index contributed by atoms with van der Waals surface area (Å²) < 4.78 is 15.2. The van der Waals surface area contributed by atoms with E-state index in [0.717, 1.165) is 25.4 Å². The van der Waals surface area contributed by atoms with E-state index < -0.39 is 5.82 Å². The second-order valence-electron chi connectivity index (χ2n) is 7.38. The zero-order valence-electron chi connectivity index (χ0n) is 15.2. The van der Waals surface area contributed by atoms with Gasteiger partial charge in [-0.3, -0.25) is 4.79 Å². The Hall–Kier alpha value is -2.09. The van der Waals surface area contributed by atoms with E-state index in [1.807, 2.05) is 4.90 Å². The number of piperidine rings is 1. The molecule has 1 saturated carbocycles. The number of hydrogen-bond acceptors (Lipinski definition) is 5. The number of amides is 1. The summed E-state index contributed by atoms with van der Waals surface area (Å²) in [6.07, 6.45) is 6.29. The molecule has 1 saturated heterocycles. The highest BCUT2D eigenvalue weighted by atomic mass is 32.2. The number of fused-ring (bicyclic) bond motifs is 1. The first-order valence-corrected chi connectivity index (χ1v) is 10.5. The van der Waals surface area contributed by atoms with Crippen molar-refractivity contribution in [1.29, 1.82) is 0 Å². The van der Waals surface area contributed by atoms with E-state index in [9.17, 15) is 9.18 Å². The van der Waals surface area contributed by atoms with Crippen LogP contribution < -0.4 is 5.84 Å². The lowest BCUT2D eigenvalue weighted by molar-refractivity contribution is -0.131. The predicted octanol–water partition coefficient (Wildman–Crippen LogP) is 2.93. The number of nitrogens with two attached hydrogens (primary N) is 1. The van der Waals surface area contributed by atoms with Gasteiger partial charge in [0.05, 0.1) is 11.3 Å². The maximum atomic E-state index is 14.0. The van der Waals surface area contributed by atoms with E-state index in [0.29, 0.717) is 16.6 Å². The summed E-state index contributed by atoms with van der Waals surface area (Å²) >= 11 is 1.25. The molecule has 4 rings (SSSR count). The zero-order chi connectivity index (χ0) is 18.8. The fraction of sp³-hybridized carbons (Fsp3) is 0.526. The van der Waals surface area contributed by atoms with Crippen LogP contribution in [0.3, 0.4) is 0 Å². The first kappa shape index (κ1) is 18.3. The molecular weight excluding hydrogens is 365 g/mol.